The van der Waals surface area contributed by atoms with Gasteiger partial charge in [0.25, 0.3) is 5.91 Å². The van der Waals surface area contributed by atoms with Gasteiger partial charge < -0.3 is 14.4 Å². The molecule has 2 aromatic carbocycles. The molecule has 31 heavy (non-hydrogen) atoms. The van der Waals surface area contributed by atoms with E-state index in [1.54, 1.807) is 26.5 Å². The molecule has 1 fully saturated rings. The van der Waals surface area contributed by atoms with Crippen molar-refractivity contribution in [2.45, 2.75) is 6.54 Å². The largest absolute Gasteiger partial charge is 0.497 e. The molecule has 4 rings (SSSR count). The van der Waals surface area contributed by atoms with Crippen molar-refractivity contribution in [2.75, 3.05) is 40.4 Å². The van der Waals surface area contributed by atoms with E-state index < -0.39 is 0 Å². The zero-order valence-corrected chi connectivity index (χ0v) is 17.6. The van der Waals surface area contributed by atoms with Crippen molar-refractivity contribution in [3.8, 4) is 22.8 Å². The molecule has 8 heteroatoms. The minimum atomic E-state index is -0.282. The Balaban J connectivity index is 1.41. The van der Waals surface area contributed by atoms with Crippen LogP contribution in [-0.2, 0) is 6.54 Å². The number of hydrogen-bond acceptors (Lipinski definition) is 5. The number of piperazine rings is 1. The summed E-state index contributed by atoms with van der Waals surface area (Å²) < 4.78 is 24.2. The van der Waals surface area contributed by atoms with Gasteiger partial charge in [-0.2, -0.15) is 5.10 Å². The first kappa shape index (κ1) is 20.9. The highest BCUT2D eigenvalue weighted by molar-refractivity contribution is 5.99. The molecular weight excluding hydrogens is 399 g/mol. The van der Waals surface area contributed by atoms with Crippen LogP contribution in [0.25, 0.3) is 11.3 Å². The highest BCUT2D eigenvalue weighted by Crippen LogP contribution is 2.26. The van der Waals surface area contributed by atoms with Gasteiger partial charge in [-0.25, -0.2) is 4.39 Å². The van der Waals surface area contributed by atoms with Crippen molar-refractivity contribution in [3.63, 3.8) is 0 Å². The molecule has 0 aliphatic carbocycles. The second-order valence-corrected chi connectivity index (χ2v) is 7.41. The zero-order valence-electron chi connectivity index (χ0n) is 17.6. The Hall–Kier alpha value is -3.39. The first-order chi connectivity index (χ1) is 15.1. The van der Waals surface area contributed by atoms with Crippen LogP contribution in [-0.4, -0.2) is 66.3 Å². The molecule has 162 valence electrons. The number of carbonyl (C=O) groups excluding carboxylic acids is 1. The number of hydrogen-bond donors (Lipinski definition) is 1. The number of H-pyrrole nitrogens is 1. The van der Waals surface area contributed by atoms with E-state index in [1.165, 1.54) is 12.1 Å². The summed E-state index contributed by atoms with van der Waals surface area (Å²) in [6.07, 6.45) is 1.58. The maximum absolute atomic E-state index is 13.6. The third-order valence-corrected chi connectivity index (χ3v) is 5.54. The van der Waals surface area contributed by atoms with Crippen LogP contribution in [0.4, 0.5) is 4.39 Å². The number of aromatic amines is 1. The Morgan fingerprint density at radius 3 is 2.48 bits per heavy atom. The number of ether oxygens (including phenoxy) is 2. The van der Waals surface area contributed by atoms with Gasteiger partial charge in [0.1, 0.15) is 17.3 Å². The molecule has 2 heterocycles. The van der Waals surface area contributed by atoms with E-state index in [2.05, 4.69) is 15.1 Å². The van der Waals surface area contributed by atoms with Crippen LogP contribution in [0.15, 0.2) is 48.7 Å². The molecule has 0 unspecified atom stereocenters. The second kappa shape index (κ2) is 9.18. The van der Waals surface area contributed by atoms with Crippen LogP contribution in [0, 0.1) is 5.82 Å². The van der Waals surface area contributed by atoms with Crippen molar-refractivity contribution in [1.82, 2.24) is 20.0 Å². The fourth-order valence-electron chi connectivity index (χ4n) is 3.82. The lowest BCUT2D eigenvalue weighted by Crippen LogP contribution is -2.48. The summed E-state index contributed by atoms with van der Waals surface area (Å²) >= 11 is 0. The molecule has 0 bridgehead atoms. The minimum Gasteiger partial charge on any atom is -0.497 e. The number of nitrogens with one attached hydrogen (secondary N) is 1. The van der Waals surface area contributed by atoms with E-state index in [0.717, 1.165) is 16.9 Å². The number of benzene rings is 2. The fraction of sp³-hybridized carbons (Fsp3) is 0.304. The maximum Gasteiger partial charge on any atom is 0.257 e. The van der Waals surface area contributed by atoms with E-state index in [4.69, 9.17) is 9.47 Å². The molecule has 1 aromatic heterocycles. The third kappa shape index (κ3) is 4.54. The lowest BCUT2D eigenvalue weighted by atomic mass is 10.1. The van der Waals surface area contributed by atoms with Crippen molar-refractivity contribution < 1.29 is 18.7 Å². The number of methoxy groups -OCH3 is 2. The van der Waals surface area contributed by atoms with Crippen LogP contribution < -0.4 is 9.47 Å². The second-order valence-electron chi connectivity index (χ2n) is 7.41. The standard InChI is InChI=1S/C23H25FN4O3/c1-30-19-6-3-16(4-7-19)22-20(14-25-26-22)23(29)28-11-9-27(10-12-28)15-17-13-18(24)5-8-21(17)31-2/h3-8,13-14H,9-12,15H2,1-2H3,(H,25,26). The Morgan fingerprint density at radius 2 is 1.81 bits per heavy atom. The molecular formula is C23H25FN4O3. The minimum absolute atomic E-state index is 0.0532. The number of carbonyl (C=O) groups is 1. The Morgan fingerprint density at radius 1 is 1.06 bits per heavy atom. The van der Waals surface area contributed by atoms with Crippen LogP contribution in [0.2, 0.25) is 0 Å². The predicted molar refractivity (Wildman–Crippen MR) is 115 cm³/mol. The highest BCUT2D eigenvalue weighted by Gasteiger charge is 2.26. The quantitative estimate of drug-likeness (QED) is 0.658. The van der Waals surface area contributed by atoms with E-state index in [1.807, 2.05) is 29.2 Å². The van der Waals surface area contributed by atoms with Crippen LogP contribution in [0.1, 0.15) is 15.9 Å². The molecule has 0 atom stereocenters. The van der Waals surface area contributed by atoms with Gasteiger partial charge in [-0.15, -0.1) is 0 Å². The molecule has 1 amide bonds. The van der Waals surface area contributed by atoms with E-state index in [0.29, 0.717) is 49.7 Å². The first-order valence-corrected chi connectivity index (χ1v) is 10.1. The van der Waals surface area contributed by atoms with Gasteiger partial charge >= 0.3 is 0 Å². The van der Waals surface area contributed by atoms with Gasteiger partial charge in [-0.3, -0.25) is 14.8 Å². The van der Waals surface area contributed by atoms with Crippen molar-refractivity contribution >= 4 is 5.91 Å². The highest BCUT2D eigenvalue weighted by atomic mass is 19.1. The first-order valence-electron chi connectivity index (χ1n) is 10.1. The summed E-state index contributed by atoms with van der Waals surface area (Å²) in [6.45, 7) is 3.14. The number of amides is 1. The number of halogens is 1. The molecule has 3 aromatic rings. The molecule has 0 saturated carbocycles. The monoisotopic (exact) mass is 424 g/mol. The molecule has 1 saturated heterocycles. The number of rotatable bonds is 6. The summed E-state index contributed by atoms with van der Waals surface area (Å²) in [5.41, 5.74) is 2.92. The van der Waals surface area contributed by atoms with Crippen molar-refractivity contribution in [1.29, 1.82) is 0 Å². The van der Waals surface area contributed by atoms with Gasteiger partial charge in [0.15, 0.2) is 0 Å². The van der Waals surface area contributed by atoms with Crippen molar-refractivity contribution in [3.05, 3.63) is 65.6 Å². The lowest BCUT2D eigenvalue weighted by molar-refractivity contribution is 0.0628. The van der Waals surface area contributed by atoms with E-state index >= 15 is 0 Å². The Kier molecular flexibility index (Phi) is 6.18. The average molecular weight is 424 g/mol. The zero-order chi connectivity index (χ0) is 21.8. The van der Waals surface area contributed by atoms with Gasteiger partial charge in [-0.1, -0.05) is 0 Å². The molecule has 1 aliphatic rings. The number of nitrogens with zero attached hydrogens (tertiary/aromatic N) is 3. The number of aromatic nitrogens is 2. The molecule has 1 aliphatic heterocycles. The van der Waals surface area contributed by atoms with E-state index in [9.17, 15) is 9.18 Å². The summed E-state index contributed by atoms with van der Waals surface area (Å²) in [5.74, 6) is 1.09. The van der Waals surface area contributed by atoms with E-state index in [-0.39, 0.29) is 11.7 Å². The summed E-state index contributed by atoms with van der Waals surface area (Å²) in [6, 6.07) is 12.0. The molecule has 0 radical (unpaired) electrons. The normalized spacial score (nSPS) is 14.5. The average Bonchev–Trinajstić information content (AvgIpc) is 3.29. The third-order valence-electron chi connectivity index (χ3n) is 5.54. The van der Waals surface area contributed by atoms with Crippen LogP contribution in [0.3, 0.4) is 0 Å². The molecule has 0 spiro atoms. The summed E-state index contributed by atoms with van der Waals surface area (Å²) in [5, 5.41) is 7.03. The van der Waals surface area contributed by atoms with Gasteiger partial charge in [-0.05, 0) is 42.5 Å². The Bertz CT molecular complexity index is 1040. The van der Waals surface area contributed by atoms with Gasteiger partial charge in [0, 0.05) is 43.9 Å². The van der Waals surface area contributed by atoms with Gasteiger partial charge in [0.05, 0.1) is 31.7 Å². The smallest absolute Gasteiger partial charge is 0.257 e. The molecule has 1 N–H and O–H groups in total. The Labute approximate surface area is 180 Å². The maximum atomic E-state index is 13.6. The van der Waals surface area contributed by atoms with Crippen LogP contribution >= 0.6 is 0 Å². The topological polar surface area (TPSA) is 70.7 Å². The molecule has 7 nitrogen and oxygen atoms in total. The van der Waals surface area contributed by atoms with Crippen LogP contribution in [0.5, 0.6) is 11.5 Å². The predicted octanol–water partition coefficient (Wildman–Crippen LogP) is 3.19. The van der Waals surface area contributed by atoms with Gasteiger partial charge in [0.2, 0.25) is 0 Å². The lowest BCUT2D eigenvalue weighted by Gasteiger charge is -2.35. The summed E-state index contributed by atoms with van der Waals surface area (Å²) in [7, 11) is 3.20. The SMILES string of the molecule is COc1ccc(-c2[nH]ncc2C(=O)N2CCN(Cc3cc(F)ccc3OC)CC2)cc1. The van der Waals surface area contributed by atoms with Crippen molar-refractivity contribution in [2.24, 2.45) is 0 Å². The summed E-state index contributed by atoms with van der Waals surface area (Å²) in [4.78, 5) is 17.2. The fourth-order valence-corrected chi connectivity index (χ4v) is 3.82.